The molecule has 5 rings (SSSR count). The highest BCUT2D eigenvalue weighted by Gasteiger charge is 2.20. The van der Waals surface area contributed by atoms with E-state index in [1.165, 1.54) is 10.9 Å². The molecular formula is C25H24ClN5O4. The van der Waals surface area contributed by atoms with E-state index in [-0.39, 0.29) is 17.5 Å². The summed E-state index contributed by atoms with van der Waals surface area (Å²) in [4.78, 5) is 27.7. The smallest absolute Gasteiger partial charge is 0.360 e. The van der Waals surface area contributed by atoms with Crippen LogP contribution in [0.15, 0.2) is 57.9 Å². The van der Waals surface area contributed by atoms with E-state index in [0.717, 1.165) is 31.5 Å². The van der Waals surface area contributed by atoms with Gasteiger partial charge in [0.05, 0.1) is 11.9 Å². The molecule has 35 heavy (non-hydrogen) atoms. The van der Waals surface area contributed by atoms with Gasteiger partial charge in [-0.25, -0.2) is 9.48 Å². The molecule has 2 aromatic carbocycles. The van der Waals surface area contributed by atoms with Gasteiger partial charge in [-0.3, -0.25) is 4.79 Å². The van der Waals surface area contributed by atoms with Gasteiger partial charge in [0.1, 0.15) is 23.1 Å². The fourth-order valence-electron chi connectivity index (χ4n) is 4.10. The Kier molecular flexibility index (Phi) is 6.27. The lowest BCUT2D eigenvalue weighted by Gasteiger charge is -2.29. The number of anilines is 1. The van der Waals surface area contributed by atoms with Gasteiger partial charge >= 0.3 is 5.63 Å². The summed E-state index contributed by atoms with van der Waals surface area (Å²) in [7, 11) is 2.10. The quantitative estimate of drug-likeness (QED) is 0.418. The number of hydrogen-bond donors (Lipinski definition) is 1. The fourth-order valence-corrected chi connectivity index (χ4v) is 4.29. The summed E-state index contributed by atoms with van der Waals surface area (Å²) >= 11 is 6.02. The van der Waals surface area contributed by atoms with Crippen LogP contribution in [0, 0.1) is 6.92 Å². The van der Waals surface area contributed by atoms with Gasteiger partial charge in [-0.05, 0) is 63.2 Å². The normalized spacial score (nSPS) is 14.8. The van der Waals surface area contributed by atoms with Crippen molar-refractivity contribution in [2.45, 2.75) is 25.9 Å². The summed E-state index contributed by atoms with van der Waals surface area (Å²) in [6, 6.07) is 12.3. The van der Waals surface area contributed by atoms with Crippen molar-refractivity contribution in [3.63, 3.8) is 0 Å². The largest absolute Gasteiger partial charge is 0.490 e. The highest BCUT2D eigenvalue weighted by Crippen LogP contribution is 2.30. The number of piperidine rings is 1. The molecule has 0 unspecified atom stereocenters. The van der Waals surface area contributed by atoms with Crippen LogP contribution in [0.2, 0.25) is 5.02 Å². The molecule has 9 nitrogen and oxygen atoms in total. The number of amides is 1. The van der Waals surface area contributed by atoms with Gasteiger partial charge in [0.2, 0.25) is 0 Å². The van der Waals surface area contributed by atoms with Gasteiger partial charge < -0.3 is 19.4 Å². The maximum atomic E-state index is 12.7. The van der Waals surface area contributed by atoms with E-state index >= 15 is 0 Å². The third-order valence-electron chi connectivity index (χ3n) is 6.11. The van der Waals surface area contributed by atoms with E-state index in [1.54, 1.807) is 30.3 Å². The Morgan fingerprint density at radius 3 is 2.77 bits per heavy atom. The minimum Gasteiger partial charge on any atom is -0.490 e. The molecule has 4 aromatic rings. The topological polar surface area (TPSA) is 102 Å². The van der Waals surface area contributed by atoms with E-state index in [0.29, 0.717) is 27.4 Å². The summed E-state index contributed by atoms with van der Waals surface area (Å²) < 4.78 is 13.2. The molecule has 180 valence electrons. The van der Waals surface area contributed by atoms with Gasteiger partial charge in [-0.2, -0.15) is 0 Å². The van der Waals surface area contributed by atoms with Crippen LogP contribution in [-0.4, -0.2) is 52.0 Å². The molecule has 3 heterocycles. The number of aryl methyl sites for hydroxylation is 1. The maximum Gasteiger partial charge on any atom is 0.360 e. The lowest BCUT2D eigenvalue weighted by Crippen LogP contribution is -2.35. The Morgan fingerprint density at radius 2 is 2.00 bits per heavy atom. The van der Waals surface area contributed by atoms with Crippen LogP contribution in [0.25, 0.3) is 16.7 Å². The molecular weight excluding hydrogens is 470 g/mol. The minimum absolute atomic E-state index is 0.0168. The second-order valence-corrected chi connectivity index (χ2v) is 9.09. The van der Waals surface area contributed by atoms with Crippen molar-refractivity contribution < 1.29 is 13.9 Å². The van der Waals surface area contributed by atoms with Crippen molar-refractivity contribution in [1.82, 2.24) is 19.9 Å². The first kappa shape index (κ1) is 23.1. The highest BCUT2D eigenvalue weighted by atomic mass is 35.5. The SMILES string of the molecule is Cc1c(OC2CCN(C)CC2)ccc2cc(NC(=O)c3cn(-c4cccc(Cl)c4)nn3)c(=O)oc12. The Hall–Kier alpha value is -3.69. The zero-order valence-corrected chi connectivity index (χ0v) is 20.1. The fraction of sp³-hybridized carbons (Fsp3) is 0.280. The van der Waals surface area contributed by atoms with Crippen molar-refractivity contribution in [1.29, 1.82) is 0 Å². The predicted octanol–water partition coefficient (Wildman–Crippen LogP) is 4.06. The van der Waals surface area contributed by atoms with Gasteiger partial charge in [-0.15, -0.1) is 5.10 Å². The molecule has 1 aliphatic rings. The third-order valence-corrected chi connectivity index (χ3v) is 6.34. The van der Waals surface area contributed by atoms with Gasteiger partial charge in [0.15, 0.2) is 5.69 Å². The summed E-state index contributed by atoms with van der Waals surface area (Å²) in [5, 5.41) is 11.7. The zero-order chi connectivity index (χ0) is 24.5. The standard InChI is InChI=1S/C25H24ClN5O4/c1-15-22(34-19-8-10-30(2)11-9-19)7-6-16-12-20(25(33)35-23(15)16)27-24(32)21-14-31(29-28-21)18-5-3-4-17(26)13-18/h3-7,12-14,19H,8-11H2,1-2H3,(H,27,32). The first-order valence-electron chi connectivity index (χ1n) is 11.3. The molecule has 2 aromatic heterocycles. The number of halogens is 1. The van der Waals surface area contributed by atoms with Crippen LogP contribution in [0.3, 0.4) is 0 Å². The molecule has 0 saturated carbocycles. The van der Waals surface area contributed by atoms with Crippen molar-refractivity contribution in [2.75, 3.05) is 25.5 Å². The number of hydrogen-bond acceptors (Lipinski definition) is 7. The second kappa shape index (κ2) is 9.52. The highest BCUT2D eigenvalue weighted by molar-refractivity contribution is 6.30. The van der Waals surface area contributed by atoms with E-state index in [2.05, 4.69) is 27.6 Å². The maximum absolute atomic E-state index is 12.7. The Morgan fingerprint density at radius 1 is 1.20 bits per heavy atom. The number of fused-ring (bicyclic) bond motifs is 1. The Balaban J connectivity index is 1.35. The van der Waals surface area contributed by atoms with Crippen molar-refractivity contribution in [3.05, 3.63) is 75.4 Å². The number of nitrogens with zero attached hydrogens (tertiary/aromatic N) is 4. The summed E-state index contributed by atoms with van der Waals surface area (Å²) in [6.07, 6.45) is 3.49. The average molecular weight is 494 g/mol. The van der Waals surface area contributed by atoms with Crippen molar-refractivity contribution >= 4 is 34.2 Å². The lowest BCUT2D eigenvalue weighted by atomic mass is 10.1. The monoisotopic (exact) mass is 493 g/mol. The molecule has 1 aliphatic heterocycles. The first-order chi connectivity index (χ1) is 16.9. The van der Waals surface area contributed by atoms with E-state index in [1.807, 2.05) is 19.1 Å². The van der Waals surface area contributed by atoms with E-state index in [4.69, 9.17) is 20.8 Å². The van der Waals surface area contributed by atoms with Crippen LogP contribution in [0.4, 0.5) is 5.69 Å². The first-order valence-corrected chi connectivity index (χ1v) is 11.7. The molecule has 10 heteroatoms. The second-order valence-electron chi connectivity index (χ2n) is 8.66. The summed E-state index contributed by atoms with van der Waals surface area (Å²) in [6.45, 7) is 3.84. The van der Waals surface area contributed by atoms with Gasteiger partial charge in [0, 0.05) is 29.1 Å². The minimum atomic E-state index is -0.660. The number of carbonyl (C=O) groups is 1. The van der Waals surface area contributed by atoms with Crippen molar-refractivity contribution in [3.8, 4) is 11.4 Å². The summed E-state index contributed by atoms with van der Waals surface area (Å²) in [5.41, 5.74) is 1.24. The van der Waals surface area contributed by atoms with Crippen molar-refractivity contribution in [2.24, 2.45) is 0 Å². The Labute approximate surface area is 206 Å². The lowest BCUT2D eigenvalue weighted by molar-refractivity contribution is 0.102. The Bertz CT molecular complexity index is 1460. The van der Waals surface area contributed by atoms with E-state index in [9.17, 15) is 9.59 Å². The molecule has 0 radical (unpaired) electrons. The van der Waals surface area contributed by atoms with Crippen LogP contribution >= 0.6 is 11.6 Å². The number of rotatable bonds is 5. The molecule has 0 aliphatic carbocycles. The van der Waals surface area contributed by atoms with Gasteiger partial charge in [-0.1, -0.05) is 22.9 Å². The molecule has 1 fully saturated rings. The van der Waals surface area contributed by atoms with Gasteiger partial charge in [0.25, 0.3) is 5.91 Å². The number of aromatic nitrogens is 3. The average Bonchev–Trinajstić information content (AvgIpc) is 3.34. The third kappa shape index (κ3) is 4.91. The molecule has 1 amide bonds. The number of benzene rings is 2. The predicted molar refractivity (Wildman–Crippen MR) is 133 cm³/mol. The molecule has 0 bridgehead atoms. The zero-order valence-electron chi connectivity index (χ0n) is 19.3. The number of ether oxygens (including phenoxy) is 1. The summed E-state index contributed by atoms with van der Waals surface area (Å²) in [5.74, 6) is 0.119. The molecule has 1 N–H and O–H groups in total. The molecule has 0 atom stereocenters. The van der Waals surface area contributed by atoms with E-state index < -0.39 is 11.5 Å². The number of nitrogens with one attached hydrogen (secondary N) is 1. The van der Waals surface area contributed by atoms with Crippen LogP contribution in [-0.2, 0) is 0 Å². The number of likely N-dealkylation sites (tertiary alicyclic amines) is 1. The molecule has 0 spiro atoms. The molecule has 1 saturated heterocycles. The van der Waals surface area contributed by atoms with Crippen LogP contribution < -0.4 is 15.7 Å². The van der Waals surface area contributed by atoms with Crippen LogP contribution in [0.5, 0.6) is 5.75 Å². The number of carbonyl (C=O) groups excluding carboxylic acids is 1. The van der Waals surface area contributed by atoms with Crippen LogP contribution in [0.1, 0.15) is 28.9 Å².